The maximum absolute atomic E-state index is 3.93. The van der Waals surface area contributed by atoms with Gasteiger partial charge in [-0.05, 0) is 58.9 Å². The quantitative estimate of drug-likeness (QED) is 0.151. The van der Waals surface area contributed by atoms with Crippen LogP contribution in [0.5, 0.6) is 0 Å². The van der Waals surface area contributed by atoms with Crippen LogP contribution < -0.4 is 24.8 Å². The molecule has 0 N–H and O–H groups in total. The Bertz CT molecular complexity index is 1740. The third-order valence-corrected chi connectivity index (χ3v) is 10.4. The monoisotopic (exact) mass is 808 g/mol. The van der Waals surface area contributed by atoms with Gasteiger partial charge >= 0.3 is 79.8 Å². The van der Waals surface area contributed by atoms with Crippen molar-refractivity contribution in [2.45, 2.75) is 113 Å². The van der Waals surface area contributed by atoms with Crippen LogP contribution in [0.1, 0.15) is 115 Å². The zero-order valence-corrected chi connectivity index (χ0v) is 37.7. The van der Waals surface area contributed by atoms with Gasteiger partial charge in [0.05, 0.1) is 0 Å². The number of benzene rings is 4. The predicted octanol–water partition coefficient (Wildman–Crippen LogP) is 7.82. The third-order valence-electron chi connectivity index (χ3n) is 9.39. The summed E-state index contributed by atoms with van der Waals surface area (Å²) >= 11 is 1.65. The molecular weight excluding hydrogens is 751 g/mol. The average Bonchev–Trinajstić information content (AvgIpc) is 3.71. The smallest absolute Gasteiger partial charge is 0.0126 e. The first kappa shape index (κ1) is 45.7. The SMILES string of the molecule is CC(C)C[C](=[Zr+2])CC(C)C.Cc1ccccc1-c1[c-]c2c(cc1C(C)(C)C)-c1cc(C(C)(C)C)c(-c3ccccc3C)cc1C2.[Cl-].[Cl-].c1cc[cH-]c1. The Hall–Kier alpha value is -2.44. The van der Waals surface area contributed by atoms with Crippen molar-refractivity contribution in [2.24, 2.45) is 11.8 Å². The fraction of sp³-hybridized carbons (Fsp3) is 0.388. The first-order chi connectivity index (χ1) is 23.5. The van der Waals surface area contributed by atoms with Crippen molar-refractivity contribution in [3.05, 3.63) is 137 Å². The van der Waals surface area contributed by atoms with Gasteiger partial charge in [0, 0.05) is 0 Å². The van der Waals surface area contributed by atoms with Crippen LogP contribution in [-0.4, -0.2) is 3.21 Å². The van der Waals surface area contributed by atoms with E-state index in [0.717, 1.165) is 18.3 Å². The van der Waals surface area contributed by atoms with Crippen molar-refractivity contribution in [3.8, 4) is 33.4 Å². The first-order valence-corrected chi connectivity index (χ1v) is 19.8. The van der Waals surface area contributed by atoms with Crippen molar-refractivity contribution in [3.63, 3.8) is 0 Å². The van der Waals surface area contributed by atoms with Crippen molar-refractivity contribution >= 4 is 3.21 Å². The molecular formula is C49H60Cl2Zr-2. The molecule has 0 nitrogen and oxygen atoms in total. The van der Waals surface area contributed by atoms with Gasteiger partial charge in [-0.25, -0.2) is 12.1 Å². The van der Waals surface area contributed by atoms with E-state index in [1.807, 2.05) is 30.3 Å². The number of aryl methyl sites for hydroxylation is 2. The predicted molar refractivity (Wildman–Crippen MR) is 217 cm³/mol. The minimum atomic E-state index is 0. The van der Waals surface area contributed by atoms with Gasteiger partial charge in [0.15, 0.2) is 0 Å². The molecule has 0 unspecified atom stereocenters. The molecule has 1 aliphatic carbocycles. The number of hydrogen-bond donors (Lipinski definition) is 0. The van der Waals surface area contributed by atoms with Crippen LogP contribution in [0.25, 0.3) is 33.4 Å². The maximum atomic E-state index is 3.93. The second-order valence-corrected chi connectivity index (χ2v) is 18.8. The molecule has 5 aromatic carbocycles. The Morgan fingerprint density at radius 1 is 0.635 bits per heavy atom. The van der Waals surface area contributed by atoms with E-state index in [9.17, 15) is 0 Å². The standard InChI is InChI=1S/C35H37.C9H18.C5H5.2ClH.Zr/c1-22-13-9-11-15-26(22)30-18-24-17-25-19-31(27-16-12-10-14-23(27)2)33(35(6,7)8)21-29(25)28(24)20-32(30)34(3,4)5;1-8(2)6-5-7-9(3)4;1-2-4-5-3-1;;;/h9-16,18,20-21H,17H2,1-8H3;8-9H,6-7H2,1-4H3;1-5H;2*1H;/q-1;;-1;;;+2/p-2. The van der Waals surface area contributed by atoms with Crippen LogP contribution in [0.2, 0.25) is 0 Å². The molecule has 0 amide bonds. The summed E-state index contributed by atoms with van der Waals surface area (Å²) in [5.74, 6) is 1.71. The van der Waals surface area contributed by atoms with Crippen LogP contribution in [0, 0.1) is 31.7 Å². The van der Waals surface area contributed by atoms with Gasteiger partial charge in [-0.2, -0.15) is 18.2 Å². The van der Waals surface area contributed by atoms with Gasteiger partial charge in [0.25, 0.3) is 0 Å². The van der Waals surface area contributed by atoms with E-state index in [1.54, 1.807) is 27.4 Å². The van der Waals surface area contributed by atoms with E-state index in [1.165, 1.54) is 79.6 Å². The van der Waals surface area contributed by atoms with Crippen molar-refractivity contribution in [1.82, 2.24) is 0 Å². The molecule has 276 valence electrons. The average molecular weight is 811 g/mol. The molecule has 0 saturated heterocycles. The van der Waals surface area contributed by atoms with Crippen molar-refractivity contribution in [1.29, 1.82) is 0 Å². The molecule has 0 radical (unpaired) electrons. The molecule has 0 aliphatic heterocycles. The Morgan fingerprint density at radius 3 is 1.56 bits per heavy atom. The van der Waals surface area contributed by atoms with Crippen molar-refractivity contribution in [2.75, 3.05) is 0 Å². The third kappa shape index (κ3) is 12.0. The molecule has 0 heterocycles. The molecule has 0 spiro atoms. The van der Waals surface area contributed by atoms with E-state index in [2.05, 4.69) is 156 Å². The first-order valence-electron chi connectivity index (χ1n) is 18.6. The van der Waals surface area contributed by atoms with Crippen LogP contribution >= 0.6 is 0 Å². The second kappa shape index (κ2) is 19.8. The normalized spacial score (nSPS) is 11.7. The fourth-order valence-corrected chi connectivity index (χ4v) is 8.97. The van der Waals surface area contributed by atoms with Crippen molar-refractivity contribution < 1.29 is 49.0 Å². The van der Waals surface area contributed by atoms with Gasteiger partial charge in [0.2, 0.25) is 0 Å². The molecule has 3 heteroatoms. The second-order valence-electron chi connectivity index (χ2n) is 17.1. The van der Waals surface area contributed by atoms with Gasteiger partial charge in [-0.3, -0.25) is 0 Å². The zero-order chi connectivity index (χ0) is 36.8. The van der Waals surface area contributed by atoms with E-state index >= 15 is 0 Å². The summed E-state index contributed by atoms with van der Waals surface area (Å²) in [5, 5.41) is 0. The summed E-state index contributed by atoms with van der Waals surface area (Å²) < 4.78 is 1.75. The van der Waals surface area contributed by atoms with E-state index in [0.29, 0.717) is 0 Å². The van der Waals surface area contributed by atoms with Crippen LogP contribution in [0.4, 0.5) is 0 Å². The Morgan fingerprint density at radius 2 is 1.12 bits per heavy atom. The fourth-order valence-electron chi connectivity index (χ4n) is 6.97. The van der Waals surface area contributed by atoms with Gasteiger partial charge < -0.3 is 24.8 Å². The Labute approximate surface area is 344 Å². The number of halogens is 2. The van der Waals surface area contributed by atoms with Crippen LogP contribution in [0.15, 0.2) is 97.1 Å². The molecule has 1 aliphatic rings. The molecule has 52 heavy (non-hydrogen) atoms. The van der Waals surface area contributed by atoms with E-state index in [4.69, 9.17) is 0 Å². The van der Waals surface area contributed by atoms with E-state index in [-0.39, 0.29) is 35.6 Å². The summed E-state index contributed by atoms with van der Waals surface area (Å²) in [6, 6.07) is 38.9. The summed E-state index contributed by atoms with van der Waals surface area (Å²) in [6.45, 7) is 27.6. The van der Waals surface area contributed by atoms with Gasteiger partial charge in [-0.15, -0.1) is 28.8 Å². The molecule has 0 fully saturated rings. The van der Waals surface area contributed by atoms with Gasteiger partial charge in [0.1, 0.15) is 0 Å². The molecule has 0 saturated carbocycles. The summed E-state index contributed by atoms with van der Waals surface area (Å²) in [5.41, 5.74) is 16.3. The Kier molecular flexibility index (Phi) is 17.4. The summed E-state index contributed by atoms with van der Waals surface area (Å²) in [7, 11) is 0. The Balaban J connectivity index is 0.000000462. The molecule has 0 bridgehead atoms. The largest absolute Gasteiger partial charge is 1.00 e. The molecule has 0 aromatic heterocycles. The maximum Gasteiger partial charge on any atom is -0.0126 e. The number of rotatable bonds is 6. The minimum Gasteiger partial charge on any atom is -1.00 e. The number of fused-ring (bicyclic) bond motifs is 3. The molecule has 6 rings (SSSR count). The topological polar surface area (TPSA) is 0 Å². The number of hydrogen-bond acceptors (Lipinski definition) is 0. The summed E-state index contributed by atoms with van der Waals surface area (Å²) in [4.78, 5) is 0. The van der Waals surface area contributed by atoms with Gasteiger partial charge in [-0.1, -0.05) is 124 Å². The zero-order valence-electron chi connectivity index (χ0n) is 33.8. The summed E-state index contributed by atoms with van der Waals surface area (Å²) in [6.07, 6.45) is 3.63. The van der Waals surface area contributed by atoms with E-state index < -0.39 is 0 Å². The molecule has 5 aromatic rings. The van der Waals surface area contributed by atoms with Crippen LogP contribution in [-0.2, 0) is 41.5 Å². The molecule has 0 atom stereocenters. The van der Waals surface area contributed by atoms with Crippen LogP contribution in [0.3, 0.4) is 0 Å². The minimum absolute atomic E-state index is 0.